The predicted octanol–water partition coefficient (Wildman–Crippen LogP) is 3.37. The topological polar surface area (TPSA) is 76.1 Å². The van der Waals surface area contributed by atoms with Gasteiger partial charge < -0.3 is 23.4 Å². The number of nitrogens with zero attached hydrogens (tertiary/aromatic N) is 2. The van der Waals surface area contributed by atoms with Crippen LogP contribution < -0.4 is 10.4 Å². The summed E-state index contributed by atoms with van der Waals surface area (Å²) in [5.41, 5.74) is 0.957. The van der Waals surface area contributed by atoms with Gasteiger partial charge in [0.2, 0.25) is 0 Å². The van der Waals surface area contributed by atoms with E-state index in [1.165, 1.54) is 24.1 Å². The minimum absolute atomic E-state index is 0.101. The highest BCUT2D eigenvalue weighted by Gasteiger charge is 2.25. The lowest BCUT2D eigenvalue weighted by atomic mass is 10.1. The molecule has 3 aromatic rings. The van der Waals surface area contributed by atoms with Crippen LogP contribution in [0.25, 0.3) is 11.0 Å². The molecule has 30 heavy (non-hydrogen) atoms. The molecule has 1 fully saturated rings. The van der Waals surface area contributed by atoms with Crippen molar-refractivity contribution in [1.29, 1.82) is 0 Å². The molecule has 0 bridgehead atoms. The van der Waals surface area contributed by atoms with Crippen molar-refractivity contribution in [3.8, 4) is 5.75 Å². The molecule has 0 radical (unpaired) electrons. The van der Waals surface area contributed by atoms with E-state index in [2.05, 4.69) is 4.90 Å². The van der Waals surface area contributed by atoms with E-state index in [4.69, 9.17) is 25.8 Å². The second-order valence-corrected chi connectivity index (χ2v) is 8.37. The summed E-state index contributed by atoms with van der Waals surface area (Å²) >= 11 is 7.10. The first-order chi connectivity index (χ1) is 14.5. The van der Waals surface area contributed by atoms with Crippen molar-refractivity contribution in [2.45, 2.75) is 5.75 Å². The van der Waals surface area contributed by atoms with Crippen LogP contribution in [0.4, 0.5) is 0 Å². The molecule has 2 aromatic heterocycles. The number of thioether (sulfide) groups is 1. The quantitative estimate of drug-likeness (QED) is 0.448. The van der Waals surface area contributed by atoms with Crippen LogP contribution in [0, 0.1) is 0 Å². The number of hydrogen-bond donors (Lipinski definition) is 0. The number of thiocarbonyl (C=S) groups is 1. The van der Waals surface area contributed by atoms with E-state index >= 15 is 0 Å². The van der Waals surface area contributed by atoms with E-state index in [0.29, 0.717) is 49.0 Å². The lowest BCUT2D eigenvalue weighted by molar-refractivity contribution is 0.0663. The number of amides is 1. The van der Waals surface area contributed by atoms with Crippen LogP contribution in [0.3, 0.4) is 0 Å². The third-order valence-corrected chi connectivity index (χ3v) is 6.52. The molecule has 1 aliphatic heterocycles. The maximum atomic E-state index is 12.4. The molecule has 1 aromatic carbocycles. The van der Waals surface area contributed by atoms with Gasteiger partial charge in [0.15, 0.2) is 5.76 Å². The summed E-state index contributed by atoms with van der Waals surface area (Å²) in [6.45, 7) is 2.48. The van der Waals surface area contributed by atoms with Crippen LogP contribution in [0.15, 0.2) is 56.3 Å². The Morgan fingerprint density at radius 3 is 2.63 bits per heavy atom. The molecule has 0 N–H and O–H groups in total. The van der Waals surface area contributed by atoms with Gasteiger partial charge in [-0.3, -0.25) is 4.79 Å². The summed E-state index contributed by atoms with van der Waals surface area (Å²) in [6.07, 6.45) is 1.50. The van der Waals surface area contributed by atoms with Crippen molar-refractivity contribution >= 4 is 45.2 Å². The van der Waals surface area contributed by atoms with Crippen molar-refractivity contribution in [3.05, 3.63) is 64.4 Å². The number of hydrogen-bond acceptors (Lipinski definition) is 7. The molecule has 7 nitrogen and oxygen atoms in total. The number of fused-ring (bicyclic) bond motifs is 1. The number of benzene rings is 1. The second kappa shape index (κ2) is 8.93. The minimum atomic E-state index is -0.401. The van der Waals surface area contributed by atoms with Crippen molar-refractivity contribution in [1.82, 2.24) is 9.80 Å². The highest BCUT2D eigenvalue weighted by atomic mass is 32.2. The lowest BCUT2D eigenvalue weighted by Crippen LogP contribution is -2.49. The Labute approximate surface area is 182 Å². The first-order valence-electron chi connectivity index (χ1n) is 9.40. The Balaban J connectivity index is 1.37. The van der Waals surface area contributed by atoms with Crippen LogP contribution in [0.1, 0.15) is 16.1 Å². The number of furan rings is 1. The molecule has 1 aliphatic rings. The smallest absolute Gasteiger partial charge is 0.336 e. The fourth-order valence-corrected chi connectivity index (χ4v) is 4.58. The maximum absolute atomic E-state index is 12.4. The highest BCUT2D eigenvalue weighted by Crippen LogP contribution is 2.26. The van der Waals surface area contributed by atoms with Crippen LogP contribution in [-0.4, -0.2) is 53.3 Å². The summed E-state index contributed by atoms with van der Waals surface area (Å²) in [5, 5.41) is 0.861. The third-order valence-electron chi connectivity index (χ3n) is 4.95. The van der Waals surface area contributed by atoms with Gasteiger partial charge in [0, 0.05) is 49.5 Å². The Bertz CT molecular complexity index is 1120. The lowest BCUT2D eigenvalue weighted by Gasteiger charge is -2.35. The zero-order chi connectivity index (χ0) is 21.1. The standard InChI is InChI=1S/C21H20N2O5S2/c1-26-15-4-5-16-14(11-19(24)28-18(16)12-15)13-30-21(29)23-8-6-22(7-9-23)20(25)17-3-2-10-27-17/h2-5,10-12H,6-9,13H2,1H3. The summed E-state index contributed by atoms with van der Waals surface area (Å²) in [7, 11) is 1.57. The fraction of sp³-hybridized carbons (Fsp3) is 0.286. The Morgan fingerprint density at radius 2 is 1.93 bits per heavy atom. The van der Waals surface area contributed by atoms with Gasteiger partial charge in [-0.2, -0.15) is 0 Å². The molecule has 156 valence electrons. The maximum Gasteiger partial charge on any atom is 0.336 e. The van der Waals surface area contributed by atoms with E-state index < -0.39 is 5.63 Å². The van der Waals surface area contributed by atoms with Crippen molar-refractivity contribution in [3.63, 3.8) is 0 Å². The Hall–Kier alpha value is -2.78. The number of carbonyl (C=O) groups excluding carboxylic acids is 1. The first kappa shape index (κ1) is 20.5. The molecular weight excluding hydrogens is 424 g/mol. The van der Waals surface area contributed by atoms with Crippen LogP contribution in [0.2, 0.25) is 0 Å². The average molecular weight is 445 g/mol. The number of methoxy groups -OCH3 is 1. The molecule has 0 atom stereocenters. The molecule has 0 saturated carbocycles. The number of rotatable bonds is 4. The minimum Gasteiger partial charge on any atom is -0.497 e. The average Bonchev–Trinajstić information content (AvgIpc) is 3.31. The first-order valence-corrected chi connectivity index (χ1v) is 10.8. The van der Waals surface area contributed by atoms with E-state index in [1.807, 2.05) is 12.1 Å². The predicted molar refractivity (Wildman–Crippen MR) is 119 cm³/mol. The molecule has 0 spiro atoms. The SMILES string of the molecule is COc1ccc2c(CSC(=S)N3CCN(C(=O)c4ccco4)CC3)cc(=O)oc2c1. The van der Waals surface area contributed by atoms with E-state index in [1.54, 1.807) is 30.2 Å². The summed E-state index contributed by atoms with van der Waals surface area (Å²) in [6, 6.07) is 10.3. The second-order valence-electron chi connectivity index (χ2n) is 6.76. The van der Waals surface area contributed by atoms with Gasteiger partial charge in [0.1, 0.15) is 15.7 Å². The molecule has 9 heteroatoms. The van der Waals surface area contributed by atoms with Crippen LogP contribution in [0.5, 0.6) is 5.75 Å². The van der Waals surface area contributed by atoms with E-state index in [-0.39, 0.29) is 5.91 Å². The van der Waals surface area contributed by atoms with Crippen molar-refractivity contribution in [2.75, 3.05) is 33.3 Å². The third kappa shape index (κ3) is 4.36. The molecule has 1 amide bonds. The molecule has 3 heterocycles. The van der Waals surface area contributed by atoms with Gasteiger partial charge in [-0.1, -0.05) is 24.0 Å². The number of ether oxygens (including phenoxy) is 1. The normalized spacial score (nSPS) is 14.2. The van der Waals surface area contributed by atoms with Crippen molar-refractivity contribution in [2.24, 2.45) is 0 Å². The van der Waals surface area contributed by atoms with Crippen LogP contribution in [-0.2, 0) is 5.75 Å². The molecular formula is C21H20N2O5S2. The van der Waals surface area contributed by atoms with Crippen LogP contribution >= 0.6 is 24.0 Å². The summed E-state index contributed by atoms with van der Waals surface area (Å²) in [5.74, 6) is 1.44. The van der Waals surface area contributed by atoms with Gasteiger partial charge >= 0.3 is 5.63 Å². The number of carbonyl (C=O) groups is 1. The fourth-order valence-electron chi connectivity index (χ4n) is 3.34. The van der Waals surface area contributed by atoms with Gasteiger partial charge in [0.25, 0.3) is 5.91 Å². The zero-order valence-corrected chi connectivity index (χ0v) is 18.0. The molecule has 1 saturated heterocycles. The number of piperazine rings is 1. The van der Waals surface area contributed by atoms with Gasteiger partial charge in [0.05, 0.1) is 13.4 Å². The van der Waals surface area contributed by atoms with Gasteiger partial charge in [-0.25, -0.2) is 4.79 Å². The highest BCUT2D eigenvalue weighted by molar-refractivity contribution is 8.22. The molecule has 0 unspecified atom stereocenters. The molecule has 4 rings (SSSR count). The van der Waals surface area contributed by atoms with Gasteiger partial charge in [-0.05, 0) is 29.8 Å². The molecule has 0 aliphatic carbocycles. The Morgan fingerprint density at radius 1 is 1.17 bits per heavy atom. The monoisotopic (exact) mass is 444 g/mol. The Kier molecular flexibility index (Phi) is 6.10. The van der Waals surface area contributed by atoms with Crippen molar-refractivity contribution < 1.29 is 18.4 Å². The van der Waals surface area contributed by atoms with E-state index in [9.17, 15) is 9.59 Å². The zero-order valence-electron chi connectivity index (χ0n) is 16.3. The summed E-state index contributed by atoms with van der Waals surface area (Å²) < 4.78 is 16.4. The van der Waals surface area contributed by atoms with Gasteiger partial charge in [-0.15, -0.1) is 0 Å². The summed E-state index contributed by atoms with van der Waals surface area (Å²) in [4.78, 5) is 28.2. The van der Waals surface area contributed by atoms with E-state index in [0.717, 1.165) is 15.3 Å². The largest absolute Gasteiger partial charge is 0.497 e.